The molecule has 66 valence electrons. The molecule has 0 N–H and O–H groups in total. The zero-order chi connectivity index (χ0) is 8.97. The van der Waals surface area contributed by atoms with Gasteiger partial charge < -0.3 is 4.74 Å². The second kappa shape index (κ2) is 4.10. The molecule has 1 aliphatic carbocycles. The smallest absolute Gasteiger partial charge is 0.334 e. The number of carbonyl (C=O) groups excluding carboxylic acids is 1. The Hall–Kier alpha value is -1.05. The second-order valence-electron chi connectivity index (χ2n) is 2.80. The molecular formula is C10H14O2. The molecular weight excluding hydrogens is 152 g/mol. The summed E-state index contributed by atoms with van der Waals surface area (Å²) in [5.41, 5.74) is 0.784. The van der Waals surface area contributed by atoms with E-state index in [0.717, 1.165) is 18.4 Å². The molecule has 1 aliphatic rings. The second-order valence-corrected chi connectivity index (χ2v) is 2.80. The summed E-state index contributed by atoms with van der Waals surface area (Å²) in [6, 6.07) is 0. The highest BCUT2D eigenvalue weighted by atomic mass is 16.5. The zero-order valence-electron chi connectivity index (χ0n) is 7.38. The Morgan fingerprint density at radius 3 is 3.25 bits per heavy atom. The van der Waals surface area contributed by atoms with Crippen molar-refractivity contribution < 1.29 is 9.53 Å². The van der Waals surface area contributed by atoms with E-state index in [4.69, 9.17) is 4.74 Å². The van der Waals surface area contributed by atoms with E-state index in [9.17, 15) is 4.79 Å². The molecule has 0 radical (unpaired) electrons. The van der Waals surface area contributed by atoms with E-state index < -0.39 is 0 Å². The highest BCUT2D eigenvalue weighted by Crippen LogP contribution is 2.27. The lowest BCUT2D eigenvalue weighted by Gasteiger charge is -2.08. The molecule has 1 rings (SSSR count). The average Bonchev–Trinajstić information content (AvgIpc) is 2.51. The Kier molecular flexibility index (Phi) is 3.09. The Morgan fingerprint density at radius 1 is 1.92 bits per heavy atom. The topological polar surface area (TPSA) is 26.3 Å². The maximum Gasteiger partial charge on any atom is 0.334 e. The number of hydrogen-bond donors (Lipinski definition) is 0. The molecule has 0 fully saturated rings. The first-order valence-corrected chi connectivity index (χ1v) is 4.29. The van der Waals surface area contributed by atoms with Gasteiger partial charge in [0.05, 0.1) is 6.61 Å². The van der Waals surface area contributed by atoms with Crippen LogP contribution in [0, 0.1) is 5.92 Å². The largest absolute Gasteiger partial charge is 0.463 e. The van der Waals surface area contributed by atoms with Gasteiger partial charge in [0.25, 0.3) is 0 Å². The molecule has 2 heteroatoms. The third kappa shape index (κ3) is 1.76. The third-order valence-corrected chi connectivity index (χ3v) is 2.04. The predicted octanol–water partition coefficient (Wildman–Crippen LogP) is 2.07. The highest BCUT2D eigenvalue weighted by molar-refractivity contribution is 5.89. The van der Waals surface area contributed by atoms with Gasteiger partial charge in [-0.25, -0.2) is 4.79 Å². The van der Waals surface area contributed by atoms with Crippen LogP contribution in [0.5, 0.6) is 0 Å². The van der Waals surface area contributed by atoms with Crippen LogP contribution in [0.4, 0.5) is 0 Å². The molecule has 0 bridgehead atoms. The highest BCUT2D eigenvalue weighted by Gasteiger charge is 2.22. The third-order valence-electron chi connectivity index (χ3n) is 2.04. The van der Waals surface area contributed by atoms with Gasteiger partial charge in [-0.15, -0.1) is 6.58 Å². The summed E-state index contributed by atoms with van der Waals surface area (Å²) in [5.74, 6) is 0.0314. The number of allylic oxidation sites excluding steroid dienone is 2. The Balaban J connectivity index is 2.60. The van der Waals surface area contributed by atoms with Crippen LogP contribution in [0.2, 0.25) is 0 Å². The van der Waals surface area contributed by atoms with Crippen LogP contribution >= 0.6 is 0 Å². The lowest BCUT2D eigenvalue weighted by molar-refractivity contribution is -0.138. The van der Waals surface area contributed by atoms with Gasteiger partial charge in [-0.2, -0.15) is 0 Å². The fourth-order valence-corrected chi connectivity index (χ4v) is 1.42. The van der Waals surface area contributed by atoms with Crippen molar-refractivity contribution in [2.24, 2.45) is 5.92 Å². The minimum absolute atomic E-state index is 0.181. The molecule has 0 saturated heterocycles. The molecule has 12 heavy (non-hydrogen) atoms. The Bertz CT molecular complexity index is 216. The maximum atomic E-state index is 11.3. The number of esters is 1. The van der Waals surface area contributed by atoms with E-state index in [-0.39, 0.29) is 11.9 Å². The summed E-state index contributed by atoms with van der Waals surface area (Å²) in [7, 11) is 0. The van der Waals surface area contributed by atoms with E-state index in [1.54, 1.807) is 0 Å². The molecule has 0 spiro atoms. The van der Waals surface area contributed by atoms with Gasteiger partial charge in [0.2, 0.25) is 0 Å². The van der Waals surface area contributed by atoms with Gasteiger partial charge in [-0.3, -0.25) is 0 Å². The summed E-state index contributed by atoms with van der Waals surface area (Å²) in [4.78, 5) is 11.3. The van der Waals surface area contributed by atoms with E-state index in [1.807, 2.05) is 19.1 Å². The Labute approximate surface area is 72.9 Å². The summed E-state index contributed by atoms with van der Waals surface area (Å²) in [5, 5.41) is 0. The van der Waals surface area contributed by atoms with Crippen molar-refractivity contribution in [3.8, 4) is 0 Å². The summed E-state index contributed by atoms with van der Waals surface area (Å²) in [6.07, 6.45) is 5.72. The minimum atomic E-state index is -0.181. The van der Waals surface area contributed by atoms with Gasteiger partial charge in [-0.05, 0) is 19.8 Å². The number of rotatable bonds is 3. The monoisotopic (exact) mass is 166 g/mol. The van der Waals surface area contributed by atoms with Crippen molar-refractivity contribution in [2.45, 2.75) is 19.8 Å². The first-order chi connectivity index (χ1) is 5.79. The van der Waals surface area contributed by atoms with Crippen molar-refractivity contribution in [2.75, 3.05) is 6.61 Å². The molecule has 0 saturated carbocycles. The molecule has 1 unspecified atom stereocenters. The van der Waals surface area contributed by atoms with Gasteiger partial charge in [0, 0.05) is 11.5 Å². The average molecular weight is 166 g/mol. The van der Waals surface area contributed by atoms with Crippen LogP contribution in [0.25, 0.3) is 0 Å². The van der Waals surface area contributed by atoms with E-state index in [1.165, 1.54) is 0 Å². The fraction of sp³-hybridized carbons (Fsp3) is 0.500. The first-order valence-electron chi connectivity index (χ1n) is 4.29. The molecule has 0 aromatic carbocycles. The van der Waals surface area contributed by atoms with E-state index >= 15 is 0 Å². The maximum absolute atomic E-state index is 11.3. The van der Waals surface area contributed by atoms with Crippen LogP contribution < -0.4 is 0 Å². The number of ether oxygens (including phenoxy) is 1. The van der Waals surface area contributed by atoms with Crippen molar-refractivity contribution in [1.29, 1.82) is 0 Å². The zero-order valence-corrected chi connectivity index (χ0v) is 7.38. The van der Waals surface area contributed by atoms with Crippen LogP contribution in [0.3, 0.4) is 0 Å². The van der Waals surface area contributed by atoms with Gasteiger partial charge in [-0.1, -0.05) is 12.2 Å². The van der Waals surface area contributed by atoms with E-state index in [0.29, 0.717) is 6.61 Å². The first kappa shape index (κ1) is 9.04. The SMILES string of the molecule is C=CC1CCC=C1C(=O)OCC. The summed E-state index contributed by atoms with van der Waals surface area (Å²) >= 11 is 0. The molecule has 0 aliphatic heterocycles. The van der Waals surface area contributed by atoms with Crippen molar-refractivity contribution in [3.63, 3.8) is 0 Å². The van der Waals surface area contributed by atoms with Gasteiger partial charge in [0.15, 0.2) is 0 Å². The lowest BCUT2D eigenvalue weighted by Crippen LogP contribution is -2.11. The quantitative estimate of drug-likeness (QED) is 0.474. The fourth-order valence-electron chi connectivity index (χ4n) is 1.42. The number of carbonyl (C=O) groups is 1. The van der Waals surface area contributed by atoms with Crippen LogP contribution in [-0.2, 0) is 9.53 Å². The number of hydrogen-bond acceptors (Lipinski definition) is 2. The minimum Gasteiger partial charge on any atom is -0.463 e. The lowest BCUT2D eigenvalue weighted by atomic mass is 10.0. The Morgan fingerprint density at radius 2 is 2.67 bits per heavy atom. The van der Waals surface area contributed by atoms with Crippen LogP contribution in [0.15, 0.2) is 24.3 Å². The molecule has 1 atom stereocenters. The molecule has 0 amide bonds. The normalized spacial score (nSPS) is 21.8. The van der Waals surface area contributed by atoms with Gasteiger partial charge in [0.1, 0.15) is 0 Å². The van der Waals surface area contributed by atoms with Crippen LogP contribution in [0.1, 0.15) is 19.8 Å². The molecule has 0 aromatic rings. The van der Waals surface area contributed by atoms with Crippen molar-refractivity contribution in [3.05, 3.63) is 24.3 Å². The van der Waals surface area contributed by atoms with Crippen molar-refractivity contribution in [1.82, 2.24) is 0 Å². The molecule has 0 heterocycles. The van der Waals surface area contributed by atoms with Gasteiger partial charge >= 0.3 is 5.97 Å². The summed E-state index contributed by atoms with van der Waals surface area (Å²) in [6.45, 7) is 5.95. The van der Waals surface area contributed by atoms with Crippen LogP contribution in [-0.4, -0.2) is 12.6 Å². The molecule has 0 aromatic heterocycles. The predicted molar refractivity (Wildman–Crippen MR) is 47.6 cm³/mol. The molecule has 2 nitrogen and oxygen atoms in total. The summed E-state index contributed by atoms with van der Waals surface area (Å²) < 4.78 is 4.90. The van der Waals surface area contributed by atoms with Crippen molar-refractivity contribution >= 4 is 5.97 Å². The standard InChI is InChI=1S/C10H14O2/c1-3-8-6-5-7-9(8)10(11)12-4-2/h3,7-8H,1,4-6H2,2H3. The van der Waals surface area contributed by atoms with E-state index in [2.05, 4.69) is 6.58 Å².